The van der Waals surface area contributed by atoms with Gasteiger partial charge in [0.25, 0.3) is 5.69 Å². The Balaban J connectivity index is 1.80. The minimum absolute atomic E-state index is 0.0433. The van der Waals surface area contributed by atoms with E-state index in [9.17, 15) is 10.1 Å². The molecule has 8 heteroatoms. The van der Waals surface area contributed by atoms with Crippen LogP contribution in [0.4, 0.5) is 17.1 Å². The zero-order valence-corrected chi connectivity index (χ0v) is 15.6. The number of terminal acetylenes is 1. The molecule has 0 N–H and O–H groups in total. The number of aromatic nitrogens is 1. The van der Waals surface area contributed by atoms with E-state index in [0.717, 1.165) is 21.8 Å². The maximum atomic E-state index is 10.9. The van der Waals surface area contributed by atoms with E-state index in [4.69, 9.17) is 29.6 Å². The number of non-ortho nitro benzene ring substituents is 1. The predicted octanol–water partition coefficient (Wildman–Crippen LogP) is 6.86. The largest absolute Gasteiger partial charge is 0.272 e. The summed E-state index contributed by atoms with van der Waals surface area (Å²) in [5.74, 6) is 0. The van der Waals surface area contributed by atoms with Crippen molar-refractivity contribution in [1.82, 2.24) is 4.57 Å². The lowest BCUT2D eigenvalue weighted by atomic mass is 10.1. The van der Waals surface area contributed by atoms with Crippen molar-refractivity contribution in [2.75, 3.05) is 0 Å². The summed E-state index contributed by atoms with van der Waals surface area (Å²) in [7, 11) is 0. The van der Waals surface area contributed by atoms with Gasteiger partial charge in [-0.15, -0.1) is 5.11 Å². The lowest BCUT2D eigenvalue weighted by molar-refractivity contribution is -0.384. The predicted molar refractivity (Wildman–Crippen MR) is 111 cm³/mol. The van der Waals surface area contributed by atoms with E-state index >= 15 is 0 Å². The van der Waals surface area contributed by atoms with E-state index in [-0.39, 0.29) is 21.4 Å². The van der Waals surface area contributed by atoms with Crippen LogP contribution < -0.4 is 0 Å². The van der Waals surface area contributed by atoms with Crippen LogP contribution in [-0.2, 0) is 0 Å². The zero-order chi connectivity index (χ0) is 19.8. The van der Waals surface area contributed by atoms with Gasteiger partial charge in [0, 0.05) is 28.9 Å². The Morgan fingerprint density at radius 1 is 0.964 bits per heavy atom. The SMILES string of the molecule is C#Cn1c2ccccc2c2ccc(/N=N/c3c(Cl)cc([N+](=O)[O-])cc3Cl)cc21. The molecule has 4 aromatic rings. The third kappa shape index (κ3) is 2.97. The Hall–Kier alpha value is -3.40. The molecule has 0 saturated heterocycles. The Morgan fingerprint density at radius 2 is 1.64 bits per heavy atom. The molecular formula is C20H10Cl2N4O2. The highest BCUT2D eigenvalue weighted by atomic mass is 35.5. The smallest absolute Gasteiger partial charge is 0.269 e. The topological polar surface area (TPSA) is 72.8 Å². The summed E-state index contributed by atoms with van der Waals surface area (Å²) in [6.07, 6.45) is 5.69. The van der Waals surface area contributed by atoms with Crippen LogP contribution in [0.15, 0.2) is 64.8 Å². The maximum Gasteiger partial charge on any atom is 0.272 e. The average molecular weight is 409 g/mol. The number of benzene rings is 3. The molecule has 0 aliphatic rings. The van der Waals surface area contributed by atoms with Crippen LogP contribution in [0.2, 0.25) is 10.0 Å². The lowest BCUT2D eigenvalue weighted by Crippen LogP contribution is -1.87. The van der Waals surface area contributed by atoms with E-state index in [1.165, 1.54) is 12.1 Å². The van der Waals surface area contributed by atoms with Gasteiger partial charge in [0.05, 0.1) is 31.7 Å². The molecule has 0 aliphatic heterocycles. The van der Waals surface area contributed by atoms with Crippen LogP contribution in [0, 0.1) is 22.6 Å². The van der Waals surface area contributed by atoms with E-state index in [0.29, 0.717) is 5.69 Å². The Bertz CT molecular complexity index is 1310. The van der Waals surface area contributed by atoms with Crippen molar-refractivity contribution >= 4 is 62.1 Å². The molecule has 0 radical (unpaired) electrons. The molecule has 0 spiro atoms. The number of rotatable bonds is 3. The molecule has 0 saturated carbocycles. The molecule has 0 aliphatic carbocycles. The van der Waals surface area contributed by atoms with Gasteiger partial charge in [-0.25, -0.2) is 0 Å². The summed E-state index contributed by atoms with van der Waals surface area (Å²) in [6.45, 7) is 0. The van der Waals surface area contributed by atoms with Crippen LogP contribution in [0.3, 0.4) is 0 Å². The number of fused-ring (bicyclic) bond motifs is 3. The fourth-order valence-electron chi connectivity index (χ4n) is 3.02. The van der Waals surface area contributed by atoms with E-state index in [1.807, 2.05) is 36.4 Å². The molecular weight excluding hydrogens is 399 g/mol. The fraction of sp³-hybridized carbons (Fsp3) is 0. The van der Waals surface area contributed by atoms with E-state index < -0.39 is 4.92 Å². The van der Waals surface area contributed by atoms with Crippen LogP contribution >= 0.6 is 23.2 Å². The van der Waals surface area contributed by atoms with Gasteiger partial charge in [-0.05, 0) is 24.3 Å². The Morgan fingerprint density at radius 3 is 2.32 bits per heavy atom. The zero-order valence-electron chi connectivity index (χ0n) is 14.1. The third-order valence-corrected chi connectivity index (χ3v) is 4.84. The molecule has 0 amide bonds. The average Bonchev–Trinajstić information content (AvgIpc) is 3.00. The standard InChI is InChI=1S/C20H10Cl2N4O2/c1-2-25-18-6-4-3-5-14(18)15-8-7-12(9-19(15)25)23-24-20-16(21)10-13(26(27)28)11-17(20)22/h1,3-11H/b24-23+. The normalized spacial score (nSPS) is 11.3. The highest BCUT2D eigenvalue weighted by Gasteiger charge is 2.15. The van der Waals surface area contributed by atoms with Gasteiger partial charge in [-0.2, -0.15) is 5.11 Å². The molecule has 136 valence electrons. The number of para-hydroxylation sites is 1. The molecule has 0 atom stereocenters. The first kappa shape index (κ1) is 18.0. The van der Waals surface area contributed by atoms with Crippen molar-refractivity contribution in [2.24, 2.45) is 10.2 Å². The molecule has 3 aromatic carbocycles. The van der Waals surface area contributed by atoms with Crippen molar-refractivity contribution in [2.45, 2.75) is 0 Å². The van der Waals surface area contributed by atoms with Crippen molar-refractivity contribution in [1.29, 1.82) is 0 Å². The second-order valence-corrected chi connectivity index (χ2v) is 6.71. The highest BCUT2D eigenvalue weighted by molar-refractivity contribution is 6.39. The first-order valence-electron chi connectivity index (χ1n) is 8.04. The van der Waals surface area contributed by atoms with Gasteiger partial charge >= 0.3 is 0 Å². The van der Waals surface area contributed by atoms with Crippen molar-refractivity contribution in [3.05, 3.63) is 74.8 Å². The van der Waals surface area contributed by atoms with Crippen LogP contribution in [0.1, 0.15) is 0 Å². The van der Waals surface area contributed by atoms with Crippen molar-refractivity contribution in [3.63, 3.8) is 0 Å². The minimum Gasteiger partial charge on any atom is -0.269 e. The third-order valence-electron chi connectivity index (χ3n) is 4.26. The number of hydrogen-bond acceptors (Lipinski definition) is 4. The van der Waals surface area contributed by atoms with Gasteiger partial charge in [-0.3, -0.25) is 14.7 Å². The minimum atomic E-state index is -0.578. The Labute approximate surface area is 169 Å². The van der Waals surface area contributed by atoms with Gasteiger partial charge in [0.2, 0.25) is 0 Å². The van der Waals surface area contributed by atoms with Crippen LogP contribution in [0.25, 0.3) is 21.8 Å². The second-order valence-electron chi connectivity index (χ2n) is 5.90. The fourth-order valence-corrected chi connectivity index (χ4v) is 3.57. The summed E-state index contributed by atoms with van der Waals surface area (Å²) >= 11 is 12.1. The molecule has 0 unspecified atom stereocenters. The maximum absolute atomic E-state index is 10.9. The lowest BCUT2D eigenvalue weighted by Gasteiger charge is -2.01. The number of azo groups is 1. The summed E-state index contributed by atoms with van der Waals surface area (Å²) in [4.78, 5) is 10.3. The number of nitrogens with zero attached hydrogens (tertiary/aromatic N) is 4. The summed E-state index contributed by atoms with van der Waals surface area (Å²) in [5.41, 5.74) is 2.23. The number of nitro benzene ring substituents is 1. The number of hydrogen-bond donors (Lipinski definition) is 0. The quantitative estimate of drug-likeness (QED) is 0.160. The van der Waals surface area contributed by atoms with Gasteiger partial charge < -0.3 is 0 Å². The molecule has 1 heterocycles. The van der Waals surface area contributed by atoms with Gasteiger partial charge in [-0.1, -0.05) is 47.8 Å². The van der Waals surface area contributed by atoms with E-state index in [2.05, 4.69) is 16.3 Å². The first-order chi connectivity index (χ1) is 13.5. The summed E-state index contributed by atoms with van der Waals surface area (Å²) in [5, 5.41) is 21.2. The van der Waals surface area contributed by atoms with Crippen molar-refractivity contribution in [3.8, 4) is 12.5 Å². The summed E-state index contributed by atoms with van der Waals surface area (Å²) < 4.78 is 1.75. The van der Waals surface area contributed by atoms with Crippen LogP contribution in [0.5, 0.6) is 0 Å². The molecule has 28 heavy (non-hydrogen) atoms. The highest BCUT2D eigenvalue weighted by Crippen LogP contribution is 2.38. The van der Waals surface area contributed by atoms with Crippen molar-refractivity contribution < 1.29 is 4.92 Å². The molecule has 0 fully saturated rings. The van der Waals surface area contributed by atoms with E-state index in [1.54, 1.807) is 10.6 Å². The van der Waals surface area contributed by atoms with Gasteiger partial charge in [0.1, 0.15) is 5.69 Å². The molecule has 6 nitrogen and oxygen atoms in total. The number of nitro groups is 1. The molecule has 4 rings (SSSR count). The monoisotopic (exact) mass is 408 g/mol. The first-order valence-corrected chi connectivity index (χ1v) is 8.80. The Kier molecular flexibility index (Phi) is 4.47. The molecule has 1 aromatic heterocycles. The van der Waals surface area contributed by atoms with Gasteiger partial charge in [0.15, 0.2) is 0 Å². The molecule has 0 bridgehead atoms. The number of halogens is 2. The van der Waals surface area contributed by atoms with Crippen LogP contribution in [-0.4, -0.2) is 9.49 Å². The summed E-state index contributed by atoms with van der Waals surface area (Å²) in [6, 6.07) is 18.4. The second kappa shape index (κ2) is 6.97.